The van der Waals surface area contributed by atoms with E-state index in [9.17, 15) is 0 Å². The first-order valence-corrected chi connectivity index (χ1v) is 5.87. The lowest BCUT2D eigenvalue weighted by Crippen LogP contribution is -2.09. The van der Waals surface area contributed by atoms with Gasteiger partial charge in [0.05, 0.1) is 5.52 Å². The molecule has 0 bridgehead atoms. The van der Waals surface area contributed by atoms with E-state index >= 15 is 0 Å². The Morgan fingerprint density at radius 1 is 1.00 bits per heavy atom. The Labute approximate surface area is 105 Å². The predicted octanol–water partition coefficient (Wildman–Crippen LogP) is 2.85. The zero-order valence-corrected chi connectivity index (χ0v) is 9.91. The van der Waals surface area contributed by atoms with Crippen molar-refractivity contribution in [3.05, 3.63) is 66.4 Å². The third-order valence-corrected chi connectivity index (χ3v) is 2.89. The smallest absolute Gasteiger partial charge is 0.140 e. The van der Waals surface area contributed by atoms with Gasteiger partial charge in [-0.2, -0.15) is 4.73 Å². The predicted molar refractivity (Wildman–Crippen MR) is 73.1 cm³/mol. The average molecular weight is 238 g/mol. The molecule has 1 aromatic heterocycles. The van der Waals surface area contributed by atoms with Crippen LogP contribution < -0.4 is 10.6 Å². The van der Waals surface area contributed by atoms with Gasteiger partial charge in [0, 0.05) is 17.3 Å². The van der Waals surface area contributed by atoms with Gasteiger partial charge in [-0.05, 0) is 23.8 Å². The Morgan fingerprint density at radius 3 is 2.67 bits per heavy atom. The molecule has 0 aliphatic carbocycles. The van der Waals surface area contributed by atoms with Gasteiger partial charge in [-0.1, -0.05) is 36.4 Å². The summed E-state index contributed by atoms with van der Waals surface area (Å²) in [7, 11) is 0. The molecule has 3 nitrogen and oxygen atoms in total. The molecule has 0 atom stereocenters. The Balaban J connectivity index is 1.85. The second kappa shape index (κ2) is 4.45. The molecule has 0 saturated carbocycles. The highest BCUT2D eigenvalue weighted by Gasteiger charge is 2.02. The summed E-state index contributed by atoms with van der Waals surface area (Å²) in [4.78, 5) is 5.76. The third kappa shape index (κ3) is 2.02. The molecule has 3 aromatic rings. The number of aromatic nitrogens is 1. The van der Waals surface area contributed by atoms with E-state index in [4.69, 9.17) is 10.6 Å². The van der Waals surface area contributed by atoms with Gasteiger partial charge in [-0.3, -0.25) is 0 Å². The second-order valence-electron chi connectivity index (χ2n) is 4.22. The summed E-state index contributed by atoms with van der Waals surface area (Å²) in [5.41, 5.74) is 8.67. The van der Waals surface area contributed by atoms with Gasteiger partial charge in [0.2, 0.25) is 0 Å². The van der Waals surface area contributed by atoms with Gasteiger partial charge < -0.3 is 10.6 Å². The summed E-state index contributed by atoms with van der Waals surface area (Å²) in [6.07, 6.45) is 1.91. The number of anilines is 1. The molecule has 2 N–H and O–H groups in total. The lowest BCUT2D eigenvalue weighted by Gasteiger charge is -2.08. The van der Waals surface area contributed by atoms with E-state index in [1.807, 2.05) is 60.8 Å². The summed E-state index contributed by atoms with van der Waals surface area (Å²) < 4.78 is 1.76. The minimum atomic E-state index is 0.541. The van der Waals surface area contributed by atoms with E-state index in [0.717, 1.165) is 22.2 Å². The SMILES string of the molecule is Nc1ccc2ccn(OCc3ccccc3)c2c1. The highest BCUT2D eigenvalue weighted by molar-refractivity contribution is 5.82. The number of rotatable bonds is 3. The van der Waals surface area contributed by atoms with Gasteiger partial charge in [0.1, 0.15) is 6.61 Å². The second-order valence-corrected chi connectivity index (χ2v) is 4.22. The van der Waals surface area contributed by atoms with Gasteiger partial charge in [0.15, 0.2) is 0 Å². The minimum Gasteiger partial charge on any atom is -0.409 e. The van der Waals surface area contributed by atoms with Crippen LogP contribution in [0, 0.1) is 0 Å². The Hall–Kier alpha value is -2.42. The number of fused-ring (bicyclic) bond motifs is 1. The molecule has 0 unspecified atom stereocenters. The zero-order chi connectivity index (χ0) is 12.4. The van der Waals surface area contributed by atoms with Crippen LogP contribution in [0.5, 0.6) is 0 Å². The van der Waals surface area contributed by atoms with Crippen molar-refractivity contribution in [3.8, 4) is 0 Å². The molecule has 0 fully saturated rings. The van der Waals surface area contributed by atoms with Crippen molar-refractivity contribution in [1.29, 1.82) is 0 Å². The molecule has 0 saturated heterocycles. The lowest BCUT2D eigenvalue weighted by atomic mass is 10.2. The highest BCUT2D eigenvalue weighted by Crippen LogP contribution is 2.18. The van der Waals surface area contributed by atoms with Crippen LogP contribution in [0.2, 0.25) is 0 Å². The van der Waals surface area contributed by atoms with Crippen LogP contribution in [0.25, 0.3) is 10.9 Å². The van der Waals surface area contributed by atoms with Crippen LogP contribution in [-0.4, -0.2) is 4.73 Å². The van der Waals surface area contributed by atoms with E-state index in [1.165, 1.54) is 0 Å². The molecule has 0 aliphatic rings. The summed E-state index contributed by atoms with van der Waals surface area (Å²) in [6, 6.07) is 17.9. The zero-order valence-electron chi connectivity index (χ0n) is 9.91. The first-order chi connectivity index (χ1) is 8.83. The molecule has 0 amide bonds. The van der Waals surface area contributed by atoms with E-state index in [2.05, 4.69) is 0 Å². The Bertz CT molecular complexity index is 659. The van der Waals surface area contributed by atoms with Crippen LogP contribution in [-0.2, 0) is 6.61 Å². The van der Waals surface area contributed by atoms with Crippen LogP contribution in [0.4, 0.5) is 5.69 Å². The molecule has 90 valence electrons. The number of nitrogens with zero attached hydrogens (tertiary/aromatic N) is 1. The van der Waals surface area contributed by atoms with Crippen LogP contribution in [0.15, 0.2) is 60.8 Å². The van der Waals surface area contributed by atoms with Crippen LogP contribution >= 0.6 is 0 Å². The maximum Gasteiger partial charge on any atom is 0.140 e. The van der Waals surface area contributed by atoms with Crippen LogP contribution in [0.3, 0.4) is 0 Å². The molecule has 0 spiro atoms. The molecule has 2 aromatic carbocycles. The minimum absolute atomic E-state index is 0.541. The Kier molecular flexibility index (Phi) is 2.65. The summed E-state index contributed by atoms with van der Waals surface area (Å²) in [5.74, 6) is 0. The number of benzene rings is 2. The monoisotopic (exact) mass is 238 g/mol. The summed E-state index contributed by atoms with van der Waals surface area (Å²) in [5, 5.41) is 1.12. The van der Waals surface area contributed by atoms with E-state index < -0.39 is 0 Å². The standard InChI is InChI=1S/C15H14N2O/c16-14-7-6-13-8-9-17(15(13)10-14)18-11-12-4-2-1-3-5-12/h1-10H,11,16H2. The van der Waals surface area contributed by atoms with E-state index in [1.54, 1.807) is 4.73 Å². The highest BCUT2D eigenvalue weighted by atomic mass is 16.7. The van der Waals surface area contributed by atoms with Crippen molar-refractivity contribution in [2.45, 2.75) is 6.61 Å². The number of nitrogens with two attached hydrogens (primary N) is 1. The molecule has 3 heteroatoms. The molecular formula is C15H14N2O. The maximum absolute atomic E-state index is 5.79. The van der Waals surface area contributed by atoms with E-state index in [0.29, 0.717) is 6.61 Å². The fourth-order valence-electron chi connectivity index (χ4n) is 1.95. The average Bonchev–Trinajstić information content (AvgIpc) is 2.80. The first-order valence-electron chi connectivity index (χ1n) is 5.87. The summed E-state index contributed by atoms with van der Waals surface area (Å²) in [6.45, 7) is 0.541. The molecule has 3 rings (SSSR count). The molecule has 18 heavy (non-hydrogen) atoms. The number of hydrogen-bond donors (Lipinski definition) is 1. The van der Waals surface area contributed by atoms with Crippen molar-refractivity contribution < 1.29 is 4.84 Å². The fourth-order valence-corrected chi connectivity index (χ4v) is 1.95. The topological polar surface area (TPSA) is 40.2 Å². The largest absolute Gasteiger partial charge is 0.409 e. The van der Waals surface area contributed by atoms with Crippen molar-refractivity contribution >= 4 is 16.6 Å². The van der Waals surface area contributed by atoms with E-state index in [-0.39, 0.29) is 0 Å². The quantitative estimate of drug-likeness (QED) is 0.713. The van der Waals surface area contributed by atoms with Gasteiger partial charge >= 0.3 is 0 Å². The summed E-state index contributed by atoms with van der Waals surface area (Å²) >= 11 is 0. The molecule has 1 heterocycles. The maximum atomic E-state index is 5.79. The molecule has 0 radical (unpaired) electrons. The number of hydrogen-bond acceptors (Lipinski definition) is 2. The van der Waals surface area contributed by atoms with Crippen molar-refractivity contribution in [1.82, 2.24) is 4.73 Å². The first kappa shape index (κ1) is 10.7. The Morgan fingerprint density at radius 2 is 1.83 bits per heavy atom. The molecular weight excluding hydrogens is 224 g/mol. The third-order valence-electron chi connectivity index (χ3n) is 2.89. The van der Waals surface area contributed by atoms with Gasteiger partial charge in [-0.15, -0.1) is 0 Å². The van der Waals surface area contributed by atoms with Crippen molar-refractivity contribution in [2.24, 2.45) is 0 Å². The van der Waals surface area contributed by atoms with Crippen molar-refractivity contribution in [3.63, 3.8) is 0 Å². The lowest BCUT2D eigenvalue weighted by molar-refractivity contribution is 0.107. The normalized spacial score (nSPS) is 10.7. The molecule has 0 aliphatic heterocycles. The fraction of sp³-hybridized carbons (Fsp3) is 0.0667. The van der Waals surface area contributed by atoms with Crippen LogP contribution in [0.1, 0.15) is 5.56 Å². The number of nitrogen functional groups attached to an aromatic ring is 1. The van der Waals surface area contributed by atoms with Crippen molar-refractivity contribution in [2.75, 3.05) is 5.73 Å². The van der Waals surface area contributed by atoms with Gasteiger partial charge in [0.25, 0.3) is 0 Å². The van der Waals surface area contributed by atoms with Gasteiger partial charge in [-0.25, -0.2) is 0 Å².